The van der Waals surface area contributed by atoms with E-state index in [0.717, 1.165) is 12.1 Å². The van der Waals surface area contributed by atoms with Gasteiger partial charge in [-0.15, -0.1) is 5.10 Å². The van der Waals surface area contributed by atoms with Crippen LogP contribution in [-0.2, 0) is 16.6 Å². The molecule has 0 aliphatic carbocycles. The van der Waals surface area contributed by atoms with Gasteiger partial charge in [-0.25, -0.2) is 18.3 Å². The molecular weight excluding hydrogens is 272 g/mol. The minimum atomic E-state index is -0.764. The molecule has 1 aromatic carbocycles. The van der Waals surface area contributed by atoms with E-state index in [1.54, 1.807) is 0 Å². The van der Waals surface area contributed by atoms with Crippen LogP contribution in [0.2, 0.25) is 0 Å². The van der Waals surface area contributed by atoms with Gasteiger partial charge < -0.3 is 9.47 Å². The van der Waals surface area contributed by atoms with Crippen LogP contribution in [0.15, 0.2) is 18.2 Å². The molecule has 0 N–H and O–H groups in total. The van der Waals surface area contributed by atoms with Crippen LogP contribution in [0.3, 0.4) is 0 Å². The molecule has 0 unspecified atom stereocenters. The SMILES string of the molecule is COC(=O)COc1nc(-c2ccc(F)cc2F)n(C)n1. The van der Waals surface area contributed by atoms with Gasteiger partial charge in [-0.2, -0.15) is 4.98 Å². The third-order valence-corrected chi connectivity index (χ3v) is 2.46. The zero-order valence-corrected chi connectivity index (χ0v) is 10.8. The topological polar surface area (TPSA) is 66.2 Å². The Bertz CT molecular complexity index is 643. The van der Waals surface area contributed by atoms with E-state index in [2.05, 4.69) is 14.8 Å². The molecule has 1 aromatic heterocycles. The van der Waals surface area contributed by atoms with E-state index in [-0.39, 0.29) is 24.0 Å². The first-order valence-corrected chi connectivity index (χ1v) is 5.57. The van der Waals surface area contributed by atoms with Crippen molar-refractivity contribution in [2.75, 3.05) is 13.7 Å². The lowest BCUT2D eigenvalue weighted by Gasteiger charge is -2.01. The molecule has 2 aromatic rings. The summed E-state index contributed by atoms with van der Waals surface area (Å²) in [4.78, 5) is 14.9. The van der Waals surface area contributed by atoms with E-state index in [4.69, 9.17) is 4.74 Å². The smallest absolute Gasteiger partial charge is 0.344 e. The number of nitrogens with zero attached hydrogens (tertiary/aromatic N) is 3. The normalized spacial score (nSPS) is 10.4. The third-order valence-electron chi connectivity index (χ3n) is 2.46. The second-order valence-electron chi connectivity index (χ2n) is 3.83. The van der Waals surface area contributed by atoms with Gasteiger partial charge in [0.1, 0.15) is 11.6 Å². The Balaban J connectivity index is 2.25. The minimum absolute atomic E-state index is 0.0781. The van der Waals surface area contributed by atoms with Crippen molar-refractivity contribution in [2.24, 2.45) is 7.05 Å². The van der Waals surface area contributed by atoms with Gasteiger partial charge in [-0.05, 0) is 12.1 Å². The fraction of sp³-hybridized carbons (Fsp3) is 0.250. The number of rotatable bonds is 4. The Morgan fingerprint density at radius 2 is 2.15 bits per heavy atom. The molecule has 6 nitrogen and oxygen atoms in total. The van der Waals surface area contributed by atoms with E-state index in [9.17, 15) is 13.6 Å². The number of esters is 1. The zero-order chi connectivity index (χ0) is 14.7. The van der Waals surface area contributed by atoms with Gasteiger partial charge in [0.2, 0.25) is 0 Å². The quantitative estimate of drug-likeness (QED) is 0.791. The molecule has 0 bridgehead atoms. The molecule has 0 amide bonds. The molecule has 0 spiro atoms. The maximum atomic E-state index is 13.7. The highest BCUT2D eigenvalue weighted by Gasteiger charge is 2.15. The van der Waals surface area contributed by atoms with E-state index in [1.165, 1.54) is 24.9 Å². The molecule has 20 heavy (non-hydrogen) atoms. The predicted molar refractivity (Wildman–Crippen MR) is 63.9 cm³/mol. The van der Waals surface area contributed by atoms with Gasteiger partial charge in [0.05, 0.1) is 12.7 Å². The third kappa shape index (κ3) is 2.90. The maximum Gasteiger partial charge on any atom is 0.344 e. The van der Waals surface area contributed by atoms with Crippen molar-refractivity contribution in [3.63, 3.8) is 0 Å². The highest BCUT2D eigenvalue weighted by atomic mass is 19.1. The Hall–Kier alpha value is -2.51. The largest absolute Gasteiger partial charge is 0.466 e. The van der Waals surface area contributed by atoms with E-state index < -0.39 is 17.6 Å². The van der Waals surface area contributed by atoms with Crippen molar-refractivity contribution < 1.29 is 23.0 Å². The number of aromatic nitrogens is 3. The van der Waals surface area contributed by atoms with Crippen LogP contribution in [0.1, 0.15) is 0 Å². The Kier molecular flexibility index (Phi) is 3.92. The van der Waals surface area contributed by atoms with E-state index in [0.29, 0.717) is 0 Å². The summed E-state index contributed by atoms with van der Waals surface area (Å²) in [5, 5.41) is 3.87. The highest BCUT2D eigenvalue weighted by Crippen LogP contribution is 2.22. The van der Waals surface area contributed by atoms with Gasteiger partial charge in [-0.3, -0.25) is 0 Å². The minimum Gasteiger partial charge on any atom is -0.466 e. The lowest BCUT2D eigenvalue weighted by molar-refractivity contribution is -0.143. The number of halogens is 2. The fourth-order valence-electron chi connectivity index (χ4n) is 1.51. The monoisotopic (exact) mass is 283 g/mol. The maximum absolute atomic E-state index is 13.7. The van der Waals surface area contributed by atoms with E-state index >= 15 is 0 Å². The summed E-state index contributed by atoms with van der Waals surface area (Å²) in [6.45, 7) is -0.355. The average molecular weight is 283 g/mol. The lowest BCUT2D eigenvalue weighted by Crippen LogP contribution is -2.13. The molecule has 2 rings (SSSR count). The number of aryl methyl sites for hydroxylation is 1. The molecule has 0 aliphatic heterocycles. The first-order chi connectivity index (χ1) is 9.51. The molecule has 106 valence electrons. The van der Waals surface area contributed by atoms with Crippen LogP contribution < -0.4 is 4.74 Å². The second-order valence-corrected chi connectivity index (χ2v) is 3.83. The number of carbonyl (C=O) groups is 1. The summed E-state index contributed by atoms with van der Waals surface area (Å²) in [7, 11) is 2.74. The molecular formula is C12H11F2N3O3. The highest BCUT2D eigenvalue weighted by molar-refractivity contribution is 5.70. The molecule has 0 atom stereocenters. The molecule has 0 radical (unpaired) electrons. The van der Waals surface area contributed by atoms with Crippen molar-refractivity contribution in [3.05, 3.63) is 29.8 Å². The number of hydrogen-bond acceptors (Lipinski definition) is 5. The van der Waals surface area contributed by atoms with Crippen LogP contribution in [0.5, 0.6) is 6.01 Å². The molecule has 0 aliphatic rings. The zero-order valence-electron chi connectivity index (χ0n) is 10.8. The van der Waals surface area contributed by atoms with Crippen molar-refractivity contribution in [1.82, 2.24) is 14.8 Å². The van der Waals surface area contributed by atoms with Gasteiger partial charge >= 0.3 is 12.0 Å². The number of carbonyl (C=O) groups excluding carboxylic acids is 1. The predicted octanol–water partition coefficient (Wildman–Crippen LogP) is 1.31. The molecule has 0 saturated carbocycles. The molecule has 0 fully saturated rings. The average Bonchev–Trinajstić information content (AvgIpc) is 2.77. The fourth-order valence-corrected chi connectivity index (χ4v) is 1.51. The summed E-state index contributed by atoms with van der Waals surface area (Å²) in [6.07, 6.45) is 0. The molecule has 8 heteroatoms. The summed E-state index contributed by atoms with van der Waals surface area (Å²) in [6, 6.07) is 3.01. The van der Waals surface area contributed by atoms with Crippen LogP contribution in [-0.4, -0.2) is 34.5 Å². The van der Waals surface area contributed by atoms with Gasteiger partial charge in [0.15, 0.2) is 12.4 Å². The number of methoxy groups -OCH3 is 1. The summed E-state index contributed by atoms with van der Waals surface area (Å²) in [5.74, 6) is -1.88. The van der Waals surface area contributed by atoms with Crippen molar-refractivity contribution in [2.45, 2.75) is 0 Å². The van der Waals surface area contributed by atoms with E-state index in [1.807, 2.05) is 0 Å². The van der Waals surface area contributed by atoms with Crippen LogP contribution in [0, 0.1) is 11.6 Å². The second kappa shape index (κ2) is 5.64. The van der Waals surface area contributed by atoms with Gasteiger partial charge in [-0.1, -0.05) is 0 Å². The first-order valence-electron chi connectivity index (χ1n) is 5.57. The van der Waals surface area contributed by atoms with Gasteiger partial charge in [0, 0.05) is 13.1 Å². The summed E-state index contributed by atoms with van der Waals surface area (Å²) < 4.78 is 37.2. The lowest BCUT2D eigenvalue weighted by atomic mass is 10.2. The number of ether oxygens (including phenoxy) is 2. The van der Waals surface area contributed by atoms with Crippen molar-refractivity contribution >= 4 is 5.97 Å². The van der Waals surface area contributed by atoms with Gasteiger partial charge in [0.25, 0.3) is 0 Å². The van der Waals surface area contributed by atoms with Crippen LogP contribution in [0.25, 0.3) is 11.4 Å². The first kappa shape index (κ1) is 13.9. The Morgan fingerprint density at radius 3 is 2.80 bits per heavy atom. The van der Waals surface area contributed by atoms with Crippen LogP contribution >= 0.6 is 0 Å². The standard InChI is InChI=1S/C12H11F2N3O3/c1-17-11(8-4-3-7(13)5-9(8)14)15-12(16-17)20-6-10(18)19-2/h3-5H,6H2,1-2H3. The summed E-state index contributed by atoms with van der Waals surface area (Å²) >= 11 is 0. The Labute approximate surface area is 112 Å². The number of hydrogen-bond donors (Lipinski definition) is 0. The van der Waals surface area contributed by atoms with Crippen molar-refractivity contribution in [1.29, 1.82) is 0 Å². The Morgan fingerprint density at radius 1 is 1.40 bits per heavy atom. The summed E-state index contributed by atoms with van der Waals surface area (Å²) in [5.41, 5.74) is 0.0781. The van der Waals surface area contributed by atoms with Crippen molar-refractivity contribution in [3.8, 4) is 17.4 Å². The van der Waals surface area contributed by atoms with Crippen LogP contribution in [0.4, 0.5) is 8.78 Å². The molecule has 0 saturated heterocycles. The molecule has 1 heterocycles. The number of benzene rings is 1.